The Hall–Kier alpha value is -1.39. The quantitative estimate of drug-likeness (QED) is 0.901. The second-order valence-corrected chi connectivity index (χ2v) is 7.43. The molecule has 1 fully saturated rings. The molecule has 2 N–H and O–H groups in total. The number of hydrogen-bond donors (Lipinski definition) is 2. The van der Waals surface area contributed by atoms with Crippen LogP contribution in [0.2, 0.25) is 0 Å². The summed E-state index contributed by atoms with van der Waals surface area (Å²) >= 11 is 0. The first-order chi connectivity index (χ1) is 10.3. The first-order valence-corrected chi connectivity index (χ1v) is 8.14. The molecule has 1 heterocycles. The molecule has 1 aliphatic heterocycles. The lowest BCUT2D eigenvalue weighted by atomic mass is 10.0. The summed E-state index contributed by atoms with van der Waals surface area (Å²) < 4.78 is 0. The molecule has 0 unspecified atom stereocenters. The predicted octanol–water partition coefficient (Wildman–Crippen LogP) is 2.40. The zero-order valence-electron chi connectivity index (χ0n) is 14.4. The molecule has 22 heavy (non-hydrogen) atoms. The molecule has 0 aliphatic carbocycles. The van der Waals surface area contributed by atoms with Crippen molar-refractivity contribution in [2.75, 3.05) is 13.1 Å². The number of benzene rings is 1. The number of piperazine rings is 1. The third kappa shape index (κ3) is 4.55. The summed E-state index contributed by atoms with van der Waals surface area (Å²) in [6.45, 7) is 13.4. The van der Waals surface area contributed by atoms with Crippen LogP contribution in [-0.4, -0.2) is 41.5 Å². The van der Waals surface area contributed by atoms with Crippen molar-refractivity contribution in [1.29, 1.82) is 0 Å². The minimum Gasteiger partial charge on any atom is -0.347 e. The smallest absolute Gasteiger partial charge is 0.251 e. The lowest BCUT2D eigenvalue weighted by Crippen LogP contribution is -2.54. The average molecular weight is 303 g/mol. The van der Waals surface area contributed by atoms with Crippen LogP contribution < -0.4 is 10.6 Å². The molecule has 4 nitrogen and oxygen atoms in total. The molecule has 2 rings (SSSR count). The Morgan fingerprint density at radius 3 is 2.50 bits per heavy atom. The van der Waals surface area contributed by atoms with E-state index in [1.165, 1.54) is 5.56 Å². The van der Waals surface area contributed by atoms with Gasteiger partial charge in [-0.3, -0.25) is 9.69 Å². The Bertz CT molecular complexity index is 511. The molecule has 0 aromatic heterocycles. The van der Waals surface area contributed by atoms with Crippen LogP contribution in [0.4, 0.5) is 0 Å². The summed E-state index contributed by atoms with van der Waals surface area (Å²) in [5, 5.41) is 6.47. The lowest BCUT2D eigenvalue weighted by Gasteiger charge is -2.39. The Labute approximate surface area is 134 Å². The van der Waals surface area contributed by atoms with Crippen molar-refractivity contribution in [3.8, 4) is 0 Å². The van der Waals surface area contributed by atoms with Crippen LogP contribution in [0.25, 0.3) is 0 Å². The number of amides is 1. The maximum atomic E-state index is 12.3. The SMILES string of the molecule is C[C@@H]1CNC[C@H](C)N1Cc1cccc(C(=O)NC(C)(C)C)c1. The monoisotopic (exact) mass is 303 g/mol. The van der Waals surface area contributed by atoms with Gasteiger partial charge in [-0.25, -0.2) is 0 Å². The Morgan fingerprint density at radius 2 is 1.91 bits per heavy atom. The number of rotatable bonds is 3. The normalized spacial score (nSPS) is 23.3. The minimum atomic E-state index is -0.214. The second kappa shape index (κ2) is 6.80. The zero-order valence-corrected chi connectivity index (χ0v) is 14.4. The van der Waals surface area contributed by atoms with E-state index < -0.39 is 0 Å². The summed E-state index contributed by atoms with van der Waals surface area (Å²) in [5.41, 5.74) is 1.72. The highest BCUT2D eigenvalue weighted by molar-refractivity contribution is 5.94. The van der Waals surface area contributed by atoms with Gasteiger partial charge in [-0.2, -0.15) is 0 Å². The molecule has 0 saturated carbocycles. The molecule has 1 amide bonds. The van der Waals surface area contributed by atoms with Gasteiger partial charge < -0.3 is 10.6 Å². The molecular formula is C18H29N3O. The average Bonchev–Trinajstić information content (AvgIpc) is 2.41. The van der Waals surface area contributed by atoms with Gasteiger partial charge in [-0.15, -0.1) is 0 Å². The molecule has 4 heteroatoms. The third-order valence-electron chi connectivity index (χ3n) is 4.05. The van der Waals surface area contributed by atoms with Crippen LogP contribution in [-0.2, 0) is 6.54 Å². The number of nitrogens with zero attached hydrogens (tertiary/aromatic N) is 1. The molecule has 0 bridgehead atoms. The van der Waals surface area contributed by atoms with Crippen molar-refractivity contribution in [1.82, 2.24) is 15.5 Å². The first kappa shape index (κ1) is 17.0. The molecular weight excluding hydrogens is 274 g/mol. The number of hydrogen-bond acceptors (Lipinski definition) is 3. The van der Waals surface area contributed by atoms with E-state index in [0.29, 0.717) is 12.1 Å². The van der Waals surface area contributed by atoms with Gasteiger partial charge in [0.25, 0.3) is 5.91 Å². The Morgan fingerprint density at radius 1 is 1.27 bits per heavy atom. The van der Waals surface area contributed by atoms with Gasteiger partial charge in [-0.1, -0.05) is 12.1 Å². The van der Waals surface area contributed by atoms with Gasteiger partial charge in [0.1, 0.15) is 0 Å². The molecule has 0 spiro atoms. The zero-order chi connectivity index (χ0) is 16.3. The van der Waals surface area contributed by atoms with Crippen LogP contribution in [0.1, 0.15) is 50.5 Å². The molecule has 0 radical (unpaired) electrons. The van der Waals surface area contributed by atoms with Gasteiger partial charge in [0.2, 0.25) is 0 Å². The van der Waals surface area contributed by atoms with Crippen LogP contribution in [0.3, 0.4) is 0 Å². The number of carbonyl (C=O) groups is 1. The number of nitrogens with one attached hydrogen (secondary N) is 2. The van der Waals surface area contributed by atoms with Gasteiger partial charge in [0, 0.05) is 42.8 Å². The van der Waals surface area contributed by atoms with Crippen molar-refractivity contribution in [2.45, 2.75) is 58.8 Å². The molecule has 1 saturated heterocycles. The Balaban J connectivity index is 2.09. The standard InChI is InChI=1S/C18H29N3O/c1-13-10-19-11-14(2)21(13)12-15-7-6-8-16(9-15)17(22)20-18(3,4)5/h6-9,13-14,19H,10-12H2,1-5H3,(H,20,22)/t13-,14+. The van der Waals surface area contributed by atoms with Gasteiger partial charge in [-0.05, 0) is 52.3 Å². The van der Waals surface area contributed by atoms with E-state index in [2.05, 4.69) is 35.4 Å². The van der Waals surface area contributed by atoms with E-state index in [4.69, 9.17) is 0 Å². The largest absolute Gasteiger partial charge is 0.347 e. The summed E-state index contributed by atoms with van der Waals surface area (Å²) in [5.74, 6) is -0.00393. The van der Waals surface area contributed by atoms with Gasteiger partial charge in [0.15, 0.2) is 0 Å². The van der Waals surface area contributed by atoms with Gasteiger partial charge >= 0.3 is 0 Å². The van der Waals surface area contributed by atoms with E-state index in [-0.39, 0.29) is 11.4 Å². The van der Waals surface area contributed by atoms with Crippen LogP contribution in [0, 0.1) is 0 Å². The predicted molar refractivity (Wildman–Crippen MR) is 91.0 cm³/mol. The van der Waals surface area contributed by atoms with E-state index >= 15 is 0 Å². The fraction of sp³-hybridized carbons (Fsp3) is 0.611. The van der Waals surface area contributed by atoms with Crippen molar-refractivity contribution in [3.05, 3.63) is 35.4 Å². The maximum Gasteiger partial charge on any atom is 0.251 e. The van der Waals surface area contributed by atoms with E-state index in [1.54, 1.807) is 0 Å². The molecule has 1 aliphatic rings. The summed E-state index contributed by atoms with van der Waals surface area (Å²) in [6.07, 6.45) is 0. The van der Waals surface area contributed by atoms with E-state index in [1.807, 2.05) is 39.0 Å². The lowest BCUT2D eigenvalue weighted by molar-refractivity contribution is 0.0918. The third-order valence-corrected chi connectivity index (χ3v) is 4.05. The second-order valence-electron chi connectivity index (χ2n) is 7.43. The van der Waals surface area contributed by atoms with Crippen molar-refractivity contribution in [2.24, 2.45) is 0 Å². The van der Waals surface area contributed by atoms with E-state index in [9.17, 15) is 4.79 Å². The van der Waals surface area contributed by atoms with Crippen molar-refractivity contribution < 1.29 is 4.79 Å². The molecule has 1 aromatic rings. The van der Waals surface area contributed by atoms with Crippen LogP contribution >= 0.6 is 0 Å². The first-order valence-electron chi connectivity index (χ1n) is 8.14. The van der Waals surface area contributed by atoms with Crippen molar-refractivity contribution in [3.63, 3.8) is 0 Å². The highest BCUT2D eigenvalue weighted by Gasteiger charge is 2.24. The summed E-state index contributed by atoms with van der Waals surface area (Å²) in [7, 11) is 0. The fourth-order valence-corrected chi connectivity index (χ4v) is 2.92. The highest BCUT2D eigenvalue weighted by Crippen LogP contribution is 2.16. The topological polar surface area (TPSA) is 44.4 Å². The molecule has 1 aromatic carbocycles. The van der Waals surface area contributed by atoms with Crippen LogP contribution in [0.15, 0.2) is 24.3 Å². The Kier molecular flexibility index (Phi) is 5.24. The highest BCUT2D eigenvalue weighted by atomic mass is 16.1. The van der Waals surface area contributed by atoms with Crippen molar-refractivity contribution >= 4 is 5.91 Å². The summed E-state index contributed by atoms with van der Waals surface area (Å²) in [6, 6.07) is 9.00. The summed E-state index contributed by atoms with van der Waals surface area (Å²) in [4.78, 5) is 14.8. The minimum absolute atomic E-state index is 0.00393. The van der Waals surface area contributed by atoms with Gasteiger partial charge in [0.05, 0.1) is 0 Å². The fourth-order valence-electron chi connectivity index (χ4n) is 2.92. The molecule has 122 valence electrons. The van der Waals surface area contributed by atoms with E-state index in [0.717, 1.165) is 25.2 Å². The molecule has 2 atom stereocenters. The van der Waals surface area contributed by atoms with Crippen LogP contribution in [0.5, 0.6) is 0 Å². The number of carbonyl (C=O) groups excluding carboxylic acids is 1. The maximum absolute atomic E-state index is 12.3.